The van der Waals surface area contributed by atoms with Crippen LogP contribution in [0.15, 0.2) is 47.4 Å². The highest BCUT2D eigenvalue weighted by Gasteiger charge is 2.13. The van der Waals surface area contributed by atoms with Crippen LogP contribution in [0.3, 0.4) is 0 Å². The minimum absolute atomic E-state index is 0.253. The lowest BCUT2D eigenvalue weighted by Gasteiger charge is -2.15. The van der Waals surface area contributed by atoms with Crippen molar-refractivity contribution in [2.75, 3.05) is 11.0 Å². The molecule has 0 spiro atoms. The molecule has 3 N–H and O–H groups in total. The van der Waals surface area contributed by atoms with Gasteiger partial charge in [0, 0.05) is 11.4 Å². The lowest BCUT2D eigenvalue weighted by molar-refractivity contribution is 0.483. The Kier molecular flexibility index (Phi) is 4.76. The Morgan fingerprint density at radius 3 is 2.48 bits per heavy atom. The molecule has 0 saturated heterocycles. The van der Waals surface area contributed by atoms with Gasteiger partial charge in [-0.25, -0.2) is 8.42 Å². The highest BCUT2D eigenvalue weighted by Crippen LogP contribution is 2.34. The van der Waals surface area contributed by atoms with E-state index in [2.05, 4.69) is 17.4 Å². The second-order valence-corrected chi connectivity index (χ2v) is 6.70. The Bertz CT molecular complexity index is 731. The number of para-hydroxylation sites is 1. The molecule has 7 heteroatoms. The molecule has 0 aliphatic rings. The van der Waals surface area contributed by atoms with E-state index in [1.54, 1.807) is 24.3 Å². The van der Waals surface area contributed by atoms with E-state index < -0.39 is 10.0 Å². The molecule has 2 aromatic carbocycles. The highest BCUT2D eigenvalue weighted by molar-refractivity contribution is 7.92. The van der Waals surface area contributed by atoms with Gasteiger partial charge in [0.15, 0.2) is 5.75 Å². The first-order chi connectivity index (χ1) is 9.89. The number of hydrogen-bond donors (Lipinski definition) is 3. The molecule has 0 aliphatic heterocycles. The van der Waals surface area contributed by atoms with E-state index in [0.717, 1.165) is 11.8 Å². The summed E-state index contributed by atoms with van der Waals surface area (Å²) in [5.74, 6) is 0.969. The largest absolute Gasteiger partial charge is 0.455 e. The molecule has 0 atom stereocenters. The van der Waals surface area contributed by atoms with Gasteiger partial charge in [-0.05, 0) is 29.8 Å². The van der Waals surface area contributed by atoms with Crippen molar-refractivity contribution >= 4 is 28.3 Å². The van der Waals surface area contributed by atoms with E-state index in [1.165, 1.54) is 0 Å². The van der Waals surface area contributed by atoms with Gasteiger partial charge >= 0.3 is 0 Å². The van der Waals surface area contributed by atoms with Crippen LogP contribution in [0.1, 0.15) is 5.56 Å². The van der Waals surface area contributed by atoms with Crippen molar-refractivity contribution in [1.82, 2.24) is 0 Å². The van der Waals surface area contributed by atoms with E-state index in [-0.39, 0.29) is 6.54 Å². The zero-order chi connectivity index (χ0) is 15.5. The summed E-state index contributed by atoms with van der Waals surface area (Å²) >= 11 is 4.34. The first-order valence-electron chi connectivity index (χ1n) is 6.15. The van der Waals surface area contributed by atoms with Crippen molar-refractivity contribution in [3.05, 3.63) is 48.0 Å². The Labute approximate surface area is 129 Å². The molecular weight excluding hydrogens is 308 g/mol. The zero-order valence-corrected chi connectivity index (χ0v) is 13.1. The van der Waals surface area contributed by atoms with Crippen LogP contribution < -0.4 is 15.2 Å². The standard InChI is InChI=1S/C14H16N2O3S2/c1-21(17,18)16-12-7-10(9-15)14(20)8-13(12)19-11-5-3-2-4-6-11/h2-8,16,20H,9,15H2,1H3. The summed E-state index contributed by atoms with van der Waals surface area (Å²) < 4.78 is 31.1. The van der Waals surface area contributed by atoms with Gasteiger partial charge in [0.1, 0.15) is 5.75 Å². The minimum Gasteiger partial charge on any atom is -0.455 e. The number of hydrogen-bond acceptors (Lipinski definition) is 5. The van der Waals surface area contributed by atoms with Gasteiger partial charge < -0.3 is 10.5 Å². The minimum atomic E-state index is -3.43. The molecule has 0 aliphatic carbocycles. The first kappa shape index (κ1) is 15.7. The molecule has 2 aromatic rings. The fourth-order valence-corrected chi connectivity index (χ4v) is 2.59. The van der Waals surface area contributed by atoms with E-state index in [1.807, 2.05) is 18.2 Å². The number of thiol groups is 1. The summed E-state index contributed by atoms with van der Waals surface area (Å²) in [6.07, 6.45) is 1.08. The van der Waals surface area contributed by atoms with Crippen LogP contribution in [-0.2, 0) is 16.6 Å². The normalized spacial score (nSPS) is 11.2. The molecule has 0 aromatic heterocycles. The van der Waals surface area contributed by atoms with Gasteiger partial charge in [0.2, 0.25) is 10.0 Å². The van der Waals surface area contributed by atoms with Crippen molar-refractivity contribution in [3.63, 3.8) is 0 Å². The molecule has 5 nitrogen and oxygen atoms in total. The van der Waals surface area contributed by atoms with Crippen LogP contribution in [0, 0.1) is 0 Å². The first-order valence-corrected chi connectivity index (χ1v) is 8.49. The molecular formula is C14H16N2O3S2. The van der Waals surface area contributed by atoms with Gasteiger partial charge in [-0.2, -0.15) is 0 Å². The second-order valence-electron chi connectivity index (χ2n) is 4.47. The Hall–Kier alpha value is -1.70. The molecule has 112 valence electrons. The summed E-state index contributed by atoms with van der Waals surface area (Å²) in [4.78, 5) is 0.641. The molecule has 0 saturated carbocycles. The summed E-state index contributed by atoms with van der Waals surface area (Å²) in [6.45, 7) is 0.253. The van der Waals surface area contributed by atoms with Crippen LogP contribution in [0.5, 0.6) is 11.5 Å². The maximum absolute atomic E-state index is 11.5. The Morgan fingerprint density at radius 1 is 1.24 bits per heavy atom. The summed E-state index contributed by atoms with van der Waals surface area (Å²) in [5.41, 5.74) is 6.68. The number of sulfonamides is 1. The predicted octanol–water partition coefficient (Wildman–Crippen LogP) is 2.60. The molecule has 2 rings (SSSR count). The van der Waals surface area contributed by atoms with Crippen molar-refractivity contribution in [2.45, 2.75) is 11.4 Å². The highest BCUT2D eigenvalue weighted by atomic mass is 32.2. The Morgan fingerprint density at radius 2 is 1.90 bits per heavy atom. The molecule has 0 amide bonds. The van der Waals surface area contributed by atoms with E-state index >= 15 is 0 Å². The monoisotopic (exact) mass is 324 g/mol. The van der Waals surface area contributed by atoms with Crippen molar-refractivity contribution in [1.29, 1.82) is 0 Å². The number of anilines is 1. The molecule has 21 heavy (non-hydrogen) atoms. The third kappa shape index (κ3) is 4.38. The lowest BCUT2D eigenvalue weighted by atomic mass is 10.2. The van der Waals surface area contributed by atoms with Gasteiger partial charge in [-0.3, -0.25) is 4.72 Å². The van der Waals surface area contributed by atoms with Crippen LogP contribution in [0.25, 0.3) is 0 Å². The van der Waals surface area contributed by atoms with Crippen molar-refractivity contribution in [2.24, 2.45) is 5.73 Å². The van der Waals surface area contributed by atoms with Gasteiger partial charge in [0.05, 0.1) is 11.9 Å². The summed E-state index contributed by atoms with van der Waals surface area (Å²) in [5, 5.41) is 0. The number of benzene rings is 2. The second kappa shape index (κ2) is 6.38. The third-order valence-electron chi connectivity index (χ3n) is 2.67. The summed E-state index contributed by atoms with van der Waals surface area (Å²) in [7, 11) is -3.43. The fraction of sp³-hybridized carbons (Fsp3) is 0.143. The van der Waals surface area contributed by atoms with Crippen LogP contribution in [-0.4, -0.2) is 14.7 Å². The van der Waals surface area contributed by atoms with Gasteiger partial charge in [-0.15, -0.1) is 12.6 Å². The quantitative estimate of drug-likeness (QED) is 0.739. The number of rotatable bonds is 5. The van der Waals surface area contributed by atoms with Crippen LogP contribution in [0.4, 0.5) is 5.69 Å². The van der Waals surface area contributed by atoms with E-state index in [4.69, 9.17) is 10.5 Å². The van der Waals surface area contributed by atoms with Gasteiger partial charge in [0.25, 0.3) is 0 Å². The van der Waals surface area contributed by atoms with Crippen LogP contribution in [0.2, 0.25) is 0 Å². The Balaban J connectivity index is 2.45. The van der Waals surface area contributed by atoms with Crippen molar-refractivity contribution < 1.29 is 13.2 Å². The predicted molar refractivity (Wildman–Crippen MR) is 86.6 cm³/mol. The maximum Gasteiger partial charge on any atom is 0.229 e. The molecule has 0 unspecified atom stereocenters. The average molecular weight is 324 g/mol. The molecule has 0 radical (unpaired) electrons. The van der Waals surface area contributed by atoms with Crippen molar-refractivity contribution in [3.8, 4) is 11.5 Å². The smallest absolute Gasteiger partial charge is 0.229 e. The SMILES string of the molecule is CS(=O)(=O)Nc1cc(CN)c(S)cc1Oc1ccccc1. The summed E-state index contributed by atoms with van der Waals surface area (Å²) in [6, 6.07) is 12.3. The molecule has 0 heterocycles. The number of nitrogens with one attached hydrogen (secondary N) is 1. The topological polar surface area (TPSA) is 81.4 Å². The number of nitrogens with two attached hydrogens (primary N) is 1. The van der Waals surface area contributed by atoms with Crippen LogP contribution >= 0.6 is 12.6 Å². The van der Waals surface area contributed by atoms with E-state index in [0.29, 0.717) is 22.1 Å². The van der Waals surface area contributed by atoms with E-state index in [9.17, 15) is 8.42 Å². The fourth-order valence-electron chi connectivity index (χ4n) is 1.76. The molecule has 0 bridgehead atoms. The number of ether oxygens (including phenoxy) is 1. The zero-order valence-electron chi connectivity index (χ0n) is 11.4. The average Bonchev–Trinajstić information content (AvgIpc) is 2.41. The third-order valence-corrected chi connectivity index (χ3v) is 3.67. The van der Waals surface area contributed by atoms with Gasteiger partial charge in [-0.1, -0.05) is 18.2 Å². The lowest BCUT2D eigenvalue weighted by Crippen LogP contribution is -2.11. The maximum atomic E-state index is 11.5. The molecule has 0 fully saturated rings.